The Balaban J connectivity index is 2.14. The zero-order chi connectivity index (χ0) is 30.8. The van der Waals surface area contributed by atoms with Crippen LogP contribution < -0.4 is 29.6 Å². The molecule has 0 heterocycles. The highest BCUT2D eigenvalue weighted by molar-refractivity contribution is 7.81. The lowest BCUT2D eigenvalue weighted by Crippen LogP contribution is -2.38. The zero-order valence-corrected chi connectivity index (χ0v) is 25.6. The third kappa shape index (κ3) is 7.45. The fourth-order valence-electron chi connectivity index (χ4n) is 4.09. The van der Waals surface area contributed by atoms with E-state index >= 15 is 0 Å². The van der Waals surface area contributed by atoms with Crippen molar-refractivity contribution in [3.8, 4) is 23.0 Å². The van der Waals surface area contributed by atoms with Crippen LogP contribution in [0.1, 0.15) is 34.3 Å². The van der Waals surface area contributed by atoms with E-state index in [1.807, 2.05) is 0 Å². The van der Waals surface area contributed by atoms with Gasteiger partial charge < -0.3 is 39.1 Å². The molecule has 42 heavy (non-hydrogen) atoms. The predicted octanol–water partition coefficient (Wildman–Crippen LogP) is 4.08. The van der Waals surface area contributed by atoms with E-state index in [-0.39, 0.29) is 9.98 Å². The average Bonchev–Trinajstić information content (AvgIpc) is 3.04. The summed E-state index contributed by atoms with van der Waals surface area (Å²) in [5, 5.41) is 6.14. The maximum Gasteiger partial charge on any atom is 0.333 e. The number of thiocarbonyl (C=S) groups is 2. The van der Waals surface area contributed by atoms with E-state index in [1.54, 1.807) is 74.9 Å². The van der Waals surface area contributed by atoms with E-state index in [9.17, 15) is 9.59 Å². The number of rotatable bonds is 12. The van der Waals surface area contributed by atoms with E-state index in [4.69, 9.17) is 52.9 Å². The lowest BCUT2D eigenvalue weighted by atomic mass is 9.93. The first-order valence-electron chi connectivity index (χ1n) is 12.5. The highest BCUT2D eigenvalue weighted by atomic mass is 32.1. The molecule has 12 heteroatoms. The summed E-state index contributed by atoms with van der Waals surface area (Å²) < 4.78 is 31.8. The third-order valence-electron chi connectivity index (χ3n) is 6.34. The second-order valence-corrected chi connectivity index (χ2v) is 9.47. The maximum atomic E-state index is 13.2. The Morgan fingerprint density at radius 3 is 1.17 bits per heavy atom. The van der Waals surface area contributed by atoms with Gasteiger partial charge in [-0.3, -0.25) is 0 Å². The quantitative estimate of drug-likeness (QED) is 0.227. The summed E-state index contributed by atoms with van der Waals surface area (Å²) in [7, 11) is 8.54. The molecular formula is C30H32N2O8S2. The summed E-state index contributed by atoms with van der Waals surface area (Å²) in [5.74, 6) is 0.579. The van der Waals surface area contributed by atoms with Crippen molar-refractivity contribution in [2.45, 2.75) is 12.1 Å². The largest absolute Gasteiger partial charge is 0.497 e. The van der Waals surface area contributed by atoms with Gasteiger partial charge in [-0.25, -0.2) is 9.59 Å². The minimum Gasteiger partial charge on any atom is -0.497 e. The fourth-order valence-corrected chi connectivity index (χ4v) is 4.59. The van der Waals surface area contributed by atoms with Crippen LogP contribution in [-0.4, -0.2) is 64.6 Å². The monoisotopic (exact) mass is 612 g/mol. The first-order chi connectivity index (χ1) is 20.2. The van der Waals surface area contributed by atoms with Crippen LogP contribution in [0.25, 0.3) is 0 Å². The van der Waals surface area contributed by atoms with Gasteiger partial charge in [-0.1, -0.05) is 24.4 Å². The van der Waals surface area contributed by atoms with Crippen LogP contribution in [0.3, 0.4) is 0 Å². The predicted molar refractivity (Wildman–Crippen MR) is 165 cm³/mol. The van der Waals surface area contributed by atoms with Gasteiger partial charge in [0.05, 0.1) is 42.7 Å². The molecule has 3 rings (SSSR count). The number of methoxy groups -OCH3 is 6. The van der Waals surface area contributed by atoms with Crippen molar-refractivity contribution < 1.29 is 38.0 Å². The number of carbonyl (C=O) groups is 2. The molecule has 0 bridgehead atoms. The molecule has 0 amide bonds. The minimum atomic E-state index is -1.16. The van der Waals surface area contributed by atoms with Gasteiger partial charge in [0.1, 0.15) is 21.5 Å². The molecule has 0 saturated carbocycles. The molecule has 2 atom stereocenters. The smallest absolute Gasteiger partial charge is 0.333 e. The SMILES string of the molecule is COC(=O)[C@@H](NC(=S)c1ccc(OC)cc1)c1cc(OC)c(OC)cc1[C@H](NC(=S)c1ccc(OC)cc1)C(=O)OC. The van der Waals surface area contributed by atoms with Crippen molar-refractivity contribution in [1.82, 2.24) is 10.6 Å². The maximum absolute atomic E-state index is 13.2. The normalized spacial score (nSPS) is 11.8. The van der Waals surface area contributed by atoms with Gasteiger partial charge in [0.15, 0.2) is 23.6 Å². The first kappa shape index (κ1) is 32.1. The summed E-state index contributed by atoms with van der Waals surface area (Å²) in [5.41, 5.74) is 1.89. The Labute approximate surface area is 255 Å². The molecular weight excluding hydrogens is 580 g/mol. The number of carbonyl (C=O) groups excluding carboxylic acids is 2. The van der Waals surface area contributed by atoms with Gasteiger partial charge in [0.25, 0.3) is 0 Å². The Morgan fingerprint density at radius 2 is 0.905 bits per heavy atom. The summed E-state index contributed by atoms with van der Waals surface area (Å²) in [6.45, 7) is 0. The molecule has 0 aliphatic heterocycles. The summed E-state index contributed by atoms with van der Waals surface area (Å²) in [4.78, 5) is 27.0. The van der Waals surface area contributed by atoms with Gasteiger partial charge >= 0.3 is 11.9 Å². The van der Waals surface area contributed by atoms with Gasteiger partial charge in [-0.15, -0.1) is 0 Å². The Kier molecular flexibility index (Phi) is 11.5. The lowest BCUT2D eigenvalue weighted by Gasteiger charge is -2.27. The number of esters is 2. The van der Waals surface area contributed by atoms with E-state index in [1.165, 1.54) is 28.4 Å². The number of ether oxygens (including phenoxy) is 6. The van der Waals surface area contributed by atoms with Crippen LogP contribution in [0.4, 0.5) is 0 Å². The van der Waals surface area contributed by atoms with Gasteiger partial charge in [0, 0.05) is 11.1 Å². The van der Waals surface area contributed by atoms with Crippen molar-refractivity contribution in [2.24, 2.45) is 0 Å². The summed E-state index contributed by atoms with van der Waals surface area (Å²) >= 11 is 11.3. The Morgan fingerprint density at radius 1 is 0.571 bits per heavy atom. The van der Waals surface area contributed by atoms with E-state index in [0.717, 1.165) is 0 Å². The second-order valence-electron chi connectivity index (χ2n) is 8.65. The van der Waals surface area contributed by atoms with Crippen LogP contribution in [0, 0.1) is 0 Å². The van der Waals surface area contributed by atoms with Crippen LogP contribution in [0.15, 0.2) is 60.7 Å². The Bertz CT molecular complexity index is 1320. The average molecular weight is 613 g/mol. The summed E-state index contributed by atoms with van der Waals surface area (Å²) in [6.07, 6.45) is 0. The van der Waals surface area contributed by atoms with Gasteiger partial charge in [-0.05, 0) is 71.8 Å². The topological polar surface area (TPSA) is 114 Å². The minimum absolute atomic E-state index is 0.255. The van der Waals surface area contributed by atoms with Gasteiger partial charge in [0.2, 0.25) is 0 Å². The molecule has 0 aliphatic rings. The molecule has 3 aromatic carbocycles. The molecule has 0 aliphatic carbocycles. The summed E-state index contributed by atoms with van der Waals surface area (Å²) in [6, 6.07) is 14.8. The molecule has 3 aromatic rings. The standard InChI is InChI=1S/C30H32N2O8S2/c1-35-19-11-7-17(8-12-19)27(41)31-25(29(33)39-5)21-15-23(37-3)24(38-4)16-22(21)26(30(34)40-6)32-28(42)18-9-13-20(36-2)14-10-18/h7-16,25-26H,1-6H3,(H,31,41)(H,32,42)/t25-,26-/m0/s1. The molecule has 10 nitrogen and oxygen atoms in total. The highest BCUT2D eigenvalue weighted by Gasteiger charge is 2.34. The van der Waals surface area contributed by atoms with Crippen molar-refractivity contribution in [1.29, 1.82) is 0 Å². The number of hydrogen-bond acceptors (Lipinski definition) is 10. The van der Waals surface area contributed by atoms with Gasteiger partial charge in [-0.2, -0.15) is 0 Å². The molecule has 0 radical (unpaired) electrons. The lowest BCUT2D eigenvalue weighted by molar-refractivity contribution is -0.144. The van der Waals surface area contributed by atoms with Crippen molar-refractivity contribution in [3.05, 3.63) is 82.9 Å². The van der Waals surface area contributed by atoms with Crippen molar-refractivity contribution >= 4 is 46.4 Å². The number of benzene rings is 3. The molecule has 0 unspecified atom stereocenters. The van der Waals surface area contributed by atoms with Crippen molar-refractivity contribution in [3.63, 3.8) is 0 Å². The fraction of sp³-hybridized carbons (Fsp3) is 0.267. The zero-order valence-electron chi connectivity index (χ0n) is 24.0. The molecule has 222 valence electrons. The highest BCUT2D eigenvalue weighted by Crippen LogP contribution is 2.37. The van der Waals surface area contributed by atoms with Crippen LogP contribution in [-0.2, 0) is 19.1 Å². The number of hydrogen-bond donors (Lipinski definition) is 2. The van der Waals surface area contributed by atoms with E-state index < -0.39 is 24.0 Å². The first-order valence-corrected chi connectivity index (χ1v) is 13.3. The molecule has 2 N–H and O–H groups in total. The second kappa shape index (κ2) is 15.0. The van der Waals surface area contributed by atoms with Crippen LogP contribution in [0.5, 0.6) is 23.0 Å². The Hall–Kier alpha value is -4.42. The van der Waals surface area contributed by atoms with E-state index in [2.05, 4.69) is 10.6 Å². The van der Waals surface area contributed by atoms with Crippen LogP contribution in [0.2, 0.25) is 0 Å². The molecule has 0 aromatic heterocycles. The molecule has 0 fully saturated rings. The molecule has 0 spiro atoms. The van der Waals surface area contributed by atoms with Crippen molar-refractivity contribution in [2.75, 3.05) is 42.7 Å². The molecule has 0 saturated heterocycles. The number of nitrogens with one attached hydrogen (secondary N) is 2. The van der Waals surface area contributed by atoms with Crippen LogP contribution >= 0.6 is 24.4 Å². The van der Waals surface area contributed by atoms with E-state index in [0.29, 0.717) is 45.3 Å². The third-order valence-corrected chi connectivity index (χ3v) is 7.05.